The number of halogens is 1. The third-order valence-corrected chi connectivity index (χ3v) is 3.86. The second-order valence-corrected chi connectivity index (χ2v) is 5.53. The highest BCUT2D eigenvalue weighted by atomic mass is 79.9. The Morgan fingerprint density at radius 1 is 1.59 bits per heavy atom. The average molecular weight is 317 g/mol. The Kier molecular flexibility index (Phi) is 5.98. The predicted octanol–water partition coefficient (Wildman–Crippen LogP) is 3.06. The molecule has 0 bridgehead atoms. The van der Waals surface area contributed by atoms with E-state index in [9.17, 15) is 4.79 Å². The van der Waals surface area contributed by atoms with Crippen LogP contribution in [0.25, 0.3) is 0 Å². The molecule has 3 nitrogen and oxygen atoms in total. The van der Waals surface area contributed by atoms with E-state index >= 15 is 0 Å². The van der Waals surface area contributed by atoms with Gasteiger partial charge in [0, 0.05) is 25.0 Å². The molecule has 0 fully saturated rings. The van der Waals surface area contributed by atoms with Crippen LogP contribution in [0.5, 0.6) is 0 Å². The number of aromatic nitrogens is 1. The molecule has 1 aromatic heterocycles. The summed E-state index contributed by atoms with van der Waals surface area (Å²) in [5, 5.41) is 0. The average Bonchev–Trinajstić information content (AvgIpc) is 2.35. The van der Waals surface area contributed by atoms with E-state index < -0.39 is 0 Å². The van der Waals surface area contributed by atoms with Crippen LogP contribution < -0.4 is 0 Å². The molecule has 5 heteroatoms. The van der Waals surface area contributed by atoms with E-state index in [0.717, 1.165) is 16.8 Å². The van der Waals surface area contributed by atoms with Crippen molar-refractivity contribution in [3.8, 4) is 0 Å². The highest BCUT2D eigenvalue weighted by molar-refractivity contribution is 9.10. The molecule has 0 radical (unpaired) electrons. The molecular weight excluding hydrogens is 300 g/mol. The van der Waals surface area contributed by atoms with Crippen molar-refractivity contribution < 1.29 is 4.79 Å². The van der Waals surface area contributed by atoms with Crippen molar-refractivity contribution in [2.75, 3.05) is 19.1 Å². The van der Waals surface area contributed by atoms with E-state index in [0.29, 0.717) is 5.56 Å². The summed E-state index contributed by atoms with van der Waals surface area (Å²) in [4.78, 5) is 18.1. The molecule has 1 heterocycles. The van der Waals surface area contributed by atoms with E-state index in [-0.39, 0.29) is 11.9 Å². The molecule has 1 aromatic rings. The Bertz CT molecular complexity index is 369. The molecule has 0 aliphatic heterocycles. The molecule has 1 atom stereocenters. The van der Waals surface area contributed by atoms with Crippen molar-refractivity contribution in [1.82, 2.24) is 9.88 Å². The van der Waals surface area contributed by atoms with Gasteiger partial charge >= 0.3 is 0 Å². The lowest BCUT2D eigenvalue weighted by molar-refractivity contribution is 0.0743. The molecule has 0 aliphatic carbocycles. The number of thioether (sulfide) groups is 1. The van der Waals surface area contributed by atoms with E-state index in [1.54, 1.807) is 35.0 Å². The van der Waals surface area contributed by atoms with Crippen LogP contribution in [0.1, 0.15) is 23.7 Å². The van der Waals surface area contributed by atoms with Gasteiger partial charge in [0.15, 0.2) is 0 Å². The lowest BCUT2D eigenvalue weighted by Gasteiger charge is -2.26. The quantitative estimate of drug-likeness (QED) is 0.783. The van der Waals surface area contributed by atoms with Crippen molar-refractivity contribution in [2.24, 2.45) is 0 Å². The molecule has 0 spiro atoms. The first-order chi connectivity index (χ1) is 8.10. The standard InChI is InChI=1S/C12H17BrN2OS/c1-4-10(8-17-3)15(2)12(16)9-5-6-11(13)14-7-9/h5-7,10H,4,8H2,1-3H3. The number of pyridine rings is 1. The second-order valence-electron chi connectivity index (χ2n) is 3.80. The molecule has 1 unspecified atom stereocenters. The van der Waals surface area contributed by atoms with Gasteiger partial charge in [0.25, 0.3) is 5.91 Å². The van der Waals surface area contributed by atoms with Crippen molar-refractivity contribution in [1.29, 1.82) is 0 Å². The largest absolute Gasteiger partial charge is 0.338 e. The van der Waals surface area contributed by atoms with Gasteiger partial charge in [-0.1, -0.05) is 6.92 Å². The minimum Gasteiger partial charge on any atom is -0.338 e. The highest BCUT2D eigenvalue weighted by Crippen LogP contribution is 2.13. The summed E-state index contributed by atoms with van der Waals surface area (Å²) in [5.41, 5.74) is 0.634. The summed E-state index contributed by atoms with van der Waals surface area (Å²) in [6.07, 6.45) is 4.63. The van der Waals surface area contributed by atoms with Crippen molar-refractivity contribution in [2.45, 2.75) is 19.4 Å². The first-order valence-corrected chi connectivity index (χ1v) is 7.66. The fraction of sp³-hybridized carbons (Fsp3) is 0.500. The van der Waals surface area contributed by atoms with Gasteiger partial charge in [0.1, 0.15) is 4.60 Å². The van der Waals surface area contributed by atoms with Crippen LogP contribution in [0.2, 0.25) is 0 Å². The zero-order chi connectivity index (χ0) is 12.8. The molecule has 0 aliphatic rings. The van der Waals surface area contributed by atoms with Crippen LogP contribution in [0.15, 0.2) is 22.9 Å². The van der Waals surface area contributed by atoms with Crippen molar-refractivity contribution >= 4 is 33.6 Å². The molecular formula is C12H17BrN2OS. The SMILES string of the molecule is CCC(CSC)N(C)C(=O)c1ccc(Br)nc1. The van der Waals surface area contributed by atoms with Gasteiger partial charge in [-0.2, -0.15) is 11.8 Å². The topological polar surface area (TPSA) is 33.2 Å². The van der Waals surface area contributed by atoms with Gasteiger partial charge < -0.3 is 4.90 Å². The van der Waals surface area contributed by atoms with Crippen LogP contribution in [-0.4, -0.2) is 40.9 Å². The fourth-order valence-electron chi connectivity index (χ4n) is 1.57. The number of hydrogen-bond acceptors (Lipinski definition) is 3. The zero-order valence-electron chi connectivity index (χ0n) is 10.3. The van der Waals surface area contributed by atoms with Gasteiger partial charge in [-0.15, -0.1) is 0 Å². The maximum atomic E-state index is 12.2. The minimum absolute atomic E-state index is 0.0332. The predicted molar refractivity (Wildman–Crippen MR) is 76.5 cm³/mol. The number of amides is 1. The summed E-state index contributed by atoms with van der Waals surface area (Å²) in [6.45, 7) is 2.10. The van der Waals surface area contributed by atoms with Crippen molar-refractivity contribution in [3.05, 3.63) is 28.5 Å². The van der Waals surface area contributed by atoms with Gasteiger partial charge in [0.05, 0.1) is 5.56 Å². The monoisotopic (exact) mass is 316 g/mol. The number of rotatable bonds is 5. The molecule has 0 N–H and O–H groups in total. The zero-order valence-corrected chi connectivity index (χ0v) is 12.7. The van der Waals surface area contributed by atoms with Gasteiger partial charge in [-0.3, -0.25) is 4.79 Å². The third-order valence-electron chi connectivity index (χ3n) is 2.67. The molecule has 0 saturated heterocycles. The Hall–Kier alpha value is -0.550. The molecule has 1 amide bonds. The van der Waals surface area contributed by atoms with E-state index in [1.165, 1.54) is 0 Å². The van der Waals surface area contributed by atoms with Gasteiger partial charge in [-0.25, -0.2) is 4.98 Å². The molecule has 1 rings (SSSR count). The third kappa shape index (κ3) is 4.00. The summed E-state index contributed by atoms with van der Waals surface area (Å²) in [7, 11) is 1.86. The second kappa shape index (κ2) is 7.01. The Morgan fingerprint density at radius 2 is 2.29 bits per heavy atom. The molecule has 17 heavy (non-hydrogen) atoms. The van der Waals surface area contributed by atoms with Crippen molar-refractivity contribution in [3.63, 3.8) is 0 Å². The van der Waals surface area contributed by atoms with E-state index in [4.69, 9.17) is 0 Å². The lowest BCUT2D eigenvalue weighted by Crippen LogP contribution is -2.38. The first-order valence-electron chi connectivity index (χ1n) is 5.47. The Labute approximate surface area is 115 Å². The van der Waals surface area contributed by atoms with E-state index in [2.05, 4.69) is 34.1 Å². The van der Waals surface area contributed by atoms with Crippen LogP contribution in [0.3, 0.4) is 0 Å². The Morgan fingerprint density at radius 3 is 2.76 bits per heavy atom. The summed E-state index contributed by atoms with van der Waals surface area (Å²) < 4.78 is 0.743. The molecule has 94 valence electrons. The van der Waals surface area contributed by atoms with Crippen LogP contribution in [0.4, 0.5) is 0 Å². The lowest BCUT2D eigenvalue weighted by atomic mass is 10.2. The van der Waals surface area contributed by atoms with Gasteiger partial charge in [0.2, 0.25) is 0 Å². The maximum absolute atomic E-state index is 12.2. The maximum Gasteiger partial charge on any atom is 0.255 e. The van der Waals surface area contributed by atoms with Crippen LogP contribution >= 0.6 is 27.7 Å². The van der Waals surface area contributed by atoms with Gasteiger partial charge in [-0.05, 0) is 40.7 Å². The summed E-state index contributed by atoms with van der Waals surface area (Å²) in [5.74, 6) is 0.994. The minimum atomic E-state index is 0.0332. The smallest absolute Gasteiger partial charge is 0.255 e. The van der Waals surface area contributed by atoms with E-state index in [1.807, 2.05) is 7.05 Å². The molecule has 0 saturated carbocycles. The number of hydrogen-bond donors (Lipinski definition) is 0. The number of carbonyl (C=O) groups is 1. The first kappa shape index (κ1) is 14.5. The summed E-state index contributed by atoms with van der Waals surface area (Å²) in [6, 6.07) is 3.86. The summed E-state index contributed by atoms with van der Waals surface area (Å²) >= 11 is 5.02. The van der Waals surface area contributed by atoms with Crippen LogP contribution in [-0.2, 0) is 0 Å². The highest BCUT2D eigenvalue weighted by Gasteiger charge is 2.19. The normalized spacial score (nSPS) is 12.2. The fourth-order valence-corrected chi connectivity index (χ4v) is 2.65. The number of carbonyl (C=O) groups excluding carboxylic acids is 1. The number of nitrogens with zero attached hydrogens (tertiary/aromatic N) is 2. The van der Waals surface area contributed by atoms with Crippen LogP contribution in [0, 0.1) is 0 Å². The Balaban J connectivity index is 2.77. The molecule has 0 aromatic carbocycles.